The maximum atomic E-state index is 13.8. The SMILES string of the molecule is O=C(O)c1cc(C(F)(F)F)c2ccc(C34CCC(OCc5c(-c6c(Cl)cncc6Cl)noc5C5CC5)(CC3)CC4)nc2c1. The Balaban J connectivity index is 1.14. The molecule has 12 heteroatoms. The summed E-state index contributed by atoms with van der Waals surface area (Å²) in [5.41, 5.74) is 0.620. The topological polar surface area (TPSA) is 98.3 Å². The summed E-state index contributed by atoms with van der Waals surface area (Å²) < 4.78 is 53.7. The number of carboxylic acids is 1. The fourth-order valence-electron chi connectivity index (χ4n) is 6.83. The van der Waals surface area contributed by atoms with E-state index in [9.17, 15) is 23.1 Å². The van der Waals surface area contributed by atoms with E-state index < -0.39 is 23.3 Å². The number of hydrogen-bond donors (Lipinski definition) is 1. The molecule has 4 aromatic rings. The van der Waals surface area contributed by atoms with Gasteiger partial charge in [0.25, 0.3) is 0 Å². The number of pyridine rings is 2. The Hall–Kier alpha value is -3.21. The number of rotatable bonds is 7. The van der Waals surface area contributed by atoms with Crippen molar-refractivity contribution in [2.75, 3.05) is 0 Å². The minimum Gasteiger partial charge on any atom is -0.478 e. The monoisotopic (exact) mass is 631 g/mol. The lowest BCUT2D eigenvalue weighted by molar-refractivity contribution is -0.136. The van der Waals surface area contributed by atoms with Crippen molar-refractivity contribution in [3.8, 4) is 11.3 Å². The van der Waals surface area contributed by atoms with Gasteiger partial charge in [0.1, 0.15) is 11.5 Å². The average molecular weight is 632 g/mol. The number of fused-ring (bicyclic) bond motifs is 4. The van der Waals surface area contributed by atoms with Crippen LogP contribution < -0.4 is 0 Å². The van der Waals surface area contributed by atoms with E-state index in [4.69, 9.17) is 32.5 Å². The van der Waals surface area contributed by atoms with Gasteiger partial charge in [-0.3, -0.25) is 9.97 Å². The molecule has 2 bridgehead atoms. The van der Waals surface area contributed by atoms with Crippen molar-refractivity contribution in [3.05, 3.63) is 74.8 Å². The first-order valence-corrected chi connectivity index (χ1v) is 14.9. The second-order valence-electron chi connectivity index (χ2n) is 12.0. The van der Waals surface area contributed by atoms with Crippen molar-refractivity contribution in [1.29, 1.82) is 0 Å². The molecule has 0 radical (unpaired) electrons. The molecule has 1 aromatic carbocycles. The first kappa shape index (κ1) is 28.6. The predicted octanol–water partition coefficient (Wildman–Crippen LogP) is 8.75. The van der Waals surface area contributed by atoms with Gasteiger partial charge in [-0.15, -0.1) is 0 Å². The third-order valence-corrected chi connectivity index (χ3v) is 10.0. The van der Waals surface area contributed by atoms with Gasteiger partial charge < -0.3 is 14.4 Å². The van der Waals surface area contributed by atoms with Crippen LogP contribution in [0.5, 0.6) is 0 Å². The van der Waals surface area contributed by atoms with Gasteiger partial charge in [0.15, 0.2) is 0 Å². The van der Waals surface area contributed by atoms with Gasteiger partial charge in [-0.05, 0) is 69.6 Å². The Morgan fingerprint density at radius 1 is 1.05 bits per heavy atom. The highest BCUT2D eigenvalue weighted by Gasteiger charge is 2.51. The lowest BCUT2D eigenvalue weighted by Crippen LogP contribution is -2.50. The molecule has 1 N–H and O–H groups in total. The molecule has 7 nitrogen and oxygen atoms in total. The number of carbonyl (C=O) groups is 1. The van der Waals surface area contributed by atoms with Crippen LogP contribution in [-0.2, 0) is 22.9 Å². The van der Waals surface area contributed by atoms with E-state index in [1.807, 2.05) is 0 Å². The molecule has 0 atom stereocenters. The van der Waals surface area contributed by atoms with Gasteiger partial charge in [-0.25, -0.2) is 4.79 Å². The number of carboxylic acid groups (broad SMARTS) is 1. The van der Waals surface area contributed by atoms with Crippen LogP contribution in [0.3, 0.4) is 0 Å². The van der Waals surface area contributed by atoms with Crippen molar-refractivity contribution < 1.29 is 32.3 Å². The first-order valence-electron chi connectivity index (χ1n) is 14.2. The number of halogens is 5. The fraction of sp³-hybridized carbons (Fsp3) is 0.419. The molecular weight excluding hydrogens is 606 g/mol. The molecule has 0 amide bonds. The third-order valence-electron chi connectivity index (χ3n) is 9.46. The quantitative estimate of drug-likeness (QED) is 0.218. The summed E-state index contributed by atoms with van der Waals surface area (Å²) >= 11 is 12.9. The molecule has 0 saturated heterocycles. The standard InChI is InChI=1S/C31H26Cl2F3N3O4/c32-21-13-37-14-22(33)25(21)26-19(27(43-39-26)16-1-2-16)15-42-30-8-5-29(6-9-30,7-10-30)24-4-3-18-20(31(34,35)36)11-17(28(40)41)12-23(18)38-24/h3-4,11-14,16H,1-2,5-10,15H2,(H,40,41). The van der Waals surface area contributed by atoms with Crippen LogP contribution in [0.25, 0.3) is 22.2 Å². The summed E-state index contributed by atoms with van der Waals surface area (Å²) in [6, 6.07) is 4.99. The van der Waals surface area contributed by atoms with Crippen molar-refractivity contribution in [1.82, 2.24) is 15.1 Å². The molecule has 224 valence electrons. The molecule has 4 fully saturated rings. The third kappa shape index (κ3) is 4.97. The van der Waals surface area contributed by atoms with Crippen LogP contribution in [0.1, 0.15) is 90.2 Å². The molecule has 4 aliphatic carbocycles. The number of nitrogens with zero attached hydrogens (tertiary/aromatic N) is 3. The summed E-state index contributed by atoms with van der Waals surface area (Å²) in [5, 5.41) is 14.4. The highest BCUT2D eigenvalue weighted by molar-refractivity contribution is 6.38. The summed E-state index contributed by atoms with van der Waals surface area (Å²) in [5.74, 6) is -0.333. The smallest absolute Gasteiger partial charge is 0.417 e. The highest BCUT2D eigenvalue weighted by Crippen LogP contribution is 2.56. The van der Waals surface area contributed by atoms with Gasteiger partial charge in [0.2, 0.25) is 0 Å². The van der Waals surface area contributed by atoms with Gasteiger partial charge in [0, 0.05) is 45.9 Å². The molecule has 0 unspecified atom stereocenters. The van der Waals surface area contributed by atoms with Crippen LogP contribution in [0.15, 0.2) is 41.2 Å². The van der Waals surface area contributed by atoms with Crippen molar-refractivity contribution >= 4 is 40.1 Å². The van der Waals surface area contributed by atoms with Crippen molar-refractivity contribution in [2.24, 2.45) is 0 Å². The minimum atomic E-state index is -4.70. The summed E-state index contributed by atoms with van der Waals surface area (Å²) in [7, 11) is 0. The maximum Gasteiger partial charge on any atom is 0.417 e. The second-order valence-corrected chi connectivity index (χ2v) is 12.8. The Labute approximate surface area is 254 Å². The Morgan fingerprint density at radius 2 is 1.72 bits per heavy atom. The largest absolute Gasteiger partial charge is 0.478 e. The highest BCUT2D eigenvalue weighted by atomic mass is 35.5. The van der Waals surface area contributed by atoms with Crippen molar-refractivity contribution in [3.63, 3.8) is 0 Å². The summed E-state index contributed by atoms with van der Waals surface area (Å²) in [6.45, 7) is 0.291. The van der Waals surface area contributed by atoms with Gasteiger partial charge in [-0.1, -0.05) is 34.4 Å². The fourth-order valence-corrected chi connectivity index (χ4v) is 7.37. The summed E-state index contributed by atoms with van der Waals surface area (Å²) in [6.07, 6.45) is 4.91. The zero-order valence-corrected chi connectivity index (χ0v) is 24.3. The zero-order valence-electron chi connectivity index (χ0n) is 22.8. The zero-order chi connectivity index (χ0) is 30.1. The van der Waals surface area contributed by atoms with E-state index in [0.717, 1.165) is 62.7 Å². The lowest BCUT2D eigenvalue weighted by Gasteiger charge is -2.53. The number of aromatic carboxylic acids is 1. The molecule has 4 aliphatic rings. The van der Waals surface area contributed by atoms with Gasteiger partial charge >= 0.3 is 12.1 Å². The first-order chi connectivity index (χ1) is 20.5. The van der Waals surface area contributed by atoms with Crippen LogP contribution in [-0.4, -0.2) is 31.8 Å². The van der Waals surface area contributed by atoms with Crippen LogP contribution >= 0.6 is 23.2 Å². The molecular formula is C31H26Cl2F3N3O4. The molecule has 8 rings (SSSR count). The van der Waals surface area contributed by atoms with E-state index in [2.05, 4.69) is 15.1 Å². The Bertz CT molecular complexity index is 1720. The van der Waals surface area contributed by atoms with Gasteiger partial charge in [-0.2, -0.15) is 13.2 Å². The Morgan fingerprint density at radius 3 is 2.33 bits per heavy atom. The van der Waals surface area contributed by atoms with Gasteiger partial charge in [0.05, 0.1) is 38.9 Å². The lowest BCUT2D eigenvalue weighted by atomic mass is 9.57. The summed E-state index contributed by atoms with van der Waals surface area (Å²) in [4.78, 5) is 20.3. The van der Waals surface area contributed by atoms with Crippen molar-refractivity contribution in [2.45, 2.75) is 81.1 Å². The Kier molecular flexibility index (Phi) is 6.76. The average Bonchev–Trinajstić information content (AvgIpc) is 3.75. The molecule has 3 heterocycles. The molecule has 4 saturated carbocycles. The van der Waals surface area contributed by atoms with E-state index in [1.54, 1.807) is 6.07 Å². The maximum absolute atomic E-state index is 13.8. The normalized spacial score (nSPS) is 23.7. The number of ether oxygens (including phenoxy) is 1. The van der Waals surface area contributed by atoms with E-state index >= 15 is 0 Å². The number of benzene rings is 1. The van der Waals surface area contributed by atoms with E-state index in [0.29, 0.717) is 45.6 Å². The predicted molar refractivity (Wildman–Crippen MR) is 152 cm³/mol. The molecule has 3 aromatic heterocycles. The molecule has 43 heavy (non-hydrogen) atoms. The molecule has 0 aliphatic heterocycles. The van der Waals surface area contributed by atoms with Crippen LogP contribution in [0, 0.1) is 0 Å². The van der Waals surface area contributed by atoms with E-state index in [-0.39, 0.29) is 21.9 Å². The number of hydrogen-bond acceptors (Lipinski definition) is 6. The number of aromatic nitrogens is 3. The minimum absolute atomic E-state index is 0.0405. The van der Waals surface area contributed by atoms with E-state index in [1.165, 1.54) is 24.5 Å². The second kappa shape index (κ2) is 10.2. The molecule has 0 spiro atoms. The van der Waals surface area contributed by atoms with Crippen LogP contribution in [0.2, 0.25) is 10.0 Å². The van der Waals surface area contributed by atoms with Crippen LogP contribution in [0.4, 0.5) is 13.2 Å². The number of alkyl halides is 3.